The third-order valence-electron chi connectivity index (χ3n) is 2.76. The van der Waals surface area contributed by atoms with Gasteiger partial charge in [-0.25, -0.2) is 0 Å². The maximum Gasteiger partial charge on any atom is 0.169 e. The van der Waals surface area contributed by atoms with Crippen LogP contribution in [0, 0.1) is 6.92 Å². The van der Waals surface area contributed by atoms with E-state index in [0.717, 1.165) is 22.8 Å². The van der Waals surface area contributed by atoms with E-state index in [1.165, 1.54) is 5.46 Å². The molecule has 3 heteroatoms. The summed E-state index contributed by atoms with van der Waals surface area (Å²) in [6.45, 7) is 4.04. The lowest BCUT2D eigenvalue weighted by atomic mass is 9.73. The van der Waals surface area contributed by atoms with Gasteiger partial charge in [0.05, 0.1) is 7.11 Å². The molecule has 0 saturated heterocycles. The van der Waals surface area contributed by atoms with Gasteiger partial charge in [-0.15, -0.1) is 0 Å². The van der Waals surface area contributed by atoms with Crippen LogP contribution in [0.1, 0.15) is 5.56 Å². The van der Waals surface area contributed by atoms with Crippen molar-refractivity contribution < 1.29 is 9.47 Å². The van der Waals surface area contributed by atoms with E-state index in [0.29, 0.717) is 0 Å². The lowest BCUT2D eigenvalue weighted by molar-refractivity contribution is 0.378. The van der Waals surface area contributed by atoms with Gasteiger partial charge in [0.1, 0.15) is 13.0 Å². The molecule has 1 radical (unpaired) electrons. The zero-order valence-corrected chi connectivity index (χ0v) is 10.9. The molecule has 0 atom stereocenters. The van der Waals surface area contributed by atoms with Crippen molar-refractivity contribution in [3.05, 3.63) is 48.0 Å². The van der Waals surface area contributed by atoms with Crippen molar-refractivity contribution >= 4 is 12.7 Å². The monoisotopic (exact) mass is 239 g/mol. The first-order valence-corrected chi connectivity index (χ1v) is 5.95. The molecule has 2 nitrogen and oxygen atoms in total. The van der Waals surface area contributed by atoms with Crippen LogP contribution in [0.2, 0.25) is 6.82 Å². The van der Waals surface area contributed by atoms with Crippen molar-refractivity contribution in [3.8, 4) is 17.2 Å². The Kier molecular flexibility index (Phi) is 3.93. The largest absolute Gasteiger partial charge is 0.493 e. The maximum absolute atomic E-state index is 5.82. The summed E-state index contributed by atoms with van der Waals surface area (Å²) < 4.78 is 11.1. The van der Waals surface area contributed by atoms with Crippen LogP contribution in [0.3, 0.4) is 0 Å². The second kappa shape index (κ2) is 5.63. The molecule has 0 aliphatic carbocycles. The molecule has 0 aliphatic heterocycles. The highest BCUT2D eigenvalue weighted by molar-refractivity contribution is 6.51. The standard InChI is InChI=1S/C15H16BO2/c1-11-4-9-14(15(10-11)17-3)18-13-7-5-12(16-2)6-8-13/h4-10H,1-3H3. The summed E-state index contributed by atoms with van der Waals surface area (Å²) in [5.41, 5.74) is 2.33. The quantitative estimate of drug-likeness (QED) is 0.763. The van der Waals surface area contributed by atoms with Crippen molar-refractivity contribution in [2.24, 2.45) is 0 Å². The zero-order chi connectivity index (χ0) is 13.0. The Morgan fingerprint density at radius 2 is 1.67 bits per heavy atom. The SMILES string of the molecule is C[B]c1ccc(Oc2ccc(C)cc2OC)cc1. The van der Waals surface area contributed by atoms with Gasteiger partial charge in [0, 0.05) is 0 Å². The molecule has 0 aliphatic rings. The molecule has 0 unspecified atom stereocenters. The Labute approximate surface area is 109 Å². The van der Waals surface area contributed by atoms with Gasteiger partial charge < -0.3 is 9.47 Å². The summed E-state index contributed by atoms with van der Waals surface area (Å²) >= 11 is 0. The number of methoxy groups -OCH3 is 1. The molecule has 0 amide bonds. The molecular weight excluding hydrogens is 223 g/mol. The van der Waals surface area contributed by atoms with Crippen molar-refractivity contribution in [3.63, 3.8) is 0 Å². The van der Waals surface area contributed by atoms with E-state index < -0.39 is 0 Å². The van der Waals surface area contributed by atoms with Crippen LogP contribution in [-0.4, -0.2) is 14.4 Å². The van der Waals surface area contributed by atoms with Gasteiger partial charge in [0.15, 0.2) is 11.5 Å². The number of benzene rings is 2. The molecule has 0 fully saturated rings. The van der Waals surface area contributed by atoms with E-state index >= 15 is 0 Å². The Hall–Kier alpha value is -1.90. The number of aryl methyl sites for hydroxylation is 1. The van der Waals surface area contributed by atoms with E-state index in [9.17, 15) is 0 Å². The second-order valence-corrected chi connectivity index (χ2v) is 4.11. The second-order valence-electron chi connectivity index (χ2n) is 4.11. The smallest absolute Gasteiger partial charge is 0.169 e. The number of hydrogen-bond acceptors (Lipinski definition) is 2. The first-order valence-electron chi connectivity index (χ1n) is 5.95. The maximum atomic E-state index is 5.82. The predicted molar refractivity (Wildman–Crippen MR) is 75.5 cm³/mol. The number of hydrogen-bond donors (Lipinski definition) is 0. The van der Waals surface area contributed by atoms with Crippen LogP contribution < -0.4 is 14.9 Å². The molecule has 91 valence electrons. The average molecular weight is 239 g/mol. The summed E-state index contributed by atoms with van der Waals surface area (Å²) in [7, 11) is 3.70. The summed E-state index contributed by atoms with van der Waals surface area (Å²) in [6.07, 6.45) is 0. The minimum atomic E-state index is 0.733. The molecule has 0 spiro atoms. The first kappa shape index (κ1) is 12.6. The molecule has 2 aromatic rings. The molecule has 0 bridgehead atoms. The van der Waals surface area contributed by atoms with Crippen LogP contribution in [-0.2, 0) is 0 Å². The third-order valence-corrected chi connectivity index (χ3v) is 2.76. The molecule has 2 rings (SSSR count). The Morgan fingerprint density at radius 3 is 2.28 bits per heavy atom. The van der Waals surface area contributed by atoms with Crippen LogP contribution in [0.25, 0.3) is 0 Å². The van der Waals surface area contributed by atoms with Crippen molar-refractivity contribution in [1.82, 2.24) is 0 Å². The van der Waals surface area contributed by atoms with Gasteiger partial charge in [-0.1, -0.05) is 30.5 Å². The average Bonchev–Trinajstić information content (AvgIpc) is 2.41. The van der Waals surface area contributed by atoms with E-state index in [1.807, 2.05) is 56.2 Å². The first-order chi connectivity index (χ1) is 8.72. The van der Waals surface area contributed by atoms with Crippen LogP contribution in [0.15, 0.2) is 42.5 Å². The zero-order valence-electron chi connectivity index (χ0n) is 10.9. The van der Waals surface area contributed by atoms with E-state index in [1.54, 1.807) is 7.11 Å². The van der Waals surface area contributed by atoms with Gasteiger partial charge in [-0.2, -0.15) is 0 Å². The summed E-state index contributed by atoms with van der Waals surface area (Å²) in [4.78, 5) is 0. The van der Waals surface area contributed by atoms with Crippen molar-refractivity contribution in [1.29, 1.82) is 0 Å². The Balaban J connectivity index is 2.22. The summed E-state index contributed by atoms with van der Waals surface area (Å²) in [5.74, 6) is 2.29. The van der Waals surface area contributed by atoms with Crippen LogP contribution in [0.4, 0.5) is 0 Å². The van der Waals surface area contributed by atoms with E-state index in [-0.39, 0.29) is 0 Å². The topological polar surface area (TPSA) is 18.5 Å². The Bertz CT molecular complexity index is 521. The molecule has 0 N–H and O–H groups in total. The summed E-state index contributed by atoms with van der Waals surface area (Å²) in [5, 5.41) is 0. The van der Waals surface area contributed by atoms with Gasteiger partial charge in [-0.3, -0.25) is 0 Å². The minimum absolute atomic E-state index is 0.733. The van der Waals surface area contributed by atoms with Crippen molar-refractivity contribution in [2.45, 2.75) is 13.7 Å². The highest BCUT2D eigenvalue weighted by atomic mass is 16.5. The fraction of sp³-hybridized carbons (Fsp3) is 0.200. The van der Waals surface area contributed by atoms with Gasteiger partial charge >= 0.3 is 0 Å². The third kappa shape index (κ3) is 2.86. The van der Waals surface area contributed by atoms with Gasteiger partial charge in [-0.05, 0) is 36.8 Å². The van der Waals surface area contributed by atoms with E-state index in [2.05, 4.69) is 7.28 Å². The van der Waals surface area contributed by atoms with Crippen molar-refractivity contribution in [2.75, 3.05) is 7.11 Å². The lowest BCUT2D eigenvalue weighted by Crippen LogP contribution is -2.08. The lowest BCUT2D eigenvalue weighted by Gasteiger charge is -2.11. The Morgan fingerprint density at radius 1 is 0.944 bits per heavy atom. The fourth-order valence-electron chi connectivity index (χ4n) is 1.71. The highest BCUT2D eigenvalue weighted by Crippen LogP contribution is 2.31. The molecule has 0 aromatic heterocycles. The van der Waals surface area contributed by atoms with Gasteiger partial charge in [0.25, 0.3) is 0 Å². The molecule has 0 heterocycles. The molecule has 18 heavy (non-hydrogen) atoms. The predicted octanol–water partition coefficient (Wildman–Crippen LogP) is 3.17. The van der Waals surface area contributed by atoms with Crippen LogP contribution >= 0.6 is 0 Å². The normalized spacial score (nSPS) is 9.94. The summed E-state index contributed by atoms with van der Waals surface area (Å²) in [6, 6.07) is 13.8. The highest BCUT2D eigenvalue weighted by Gasteiger charge is 2.05. The molecular formula is C15H16BO2. The van der Waals surface area contributed by atoms with Crippen LogP contribution in [0.5, 0.6) is 17.2 Å². The number of rotatable bonds is 4. The fourth-order valence-corrected chi connectivity index (χ4v) is 1.71. The number of ether oxygens (including phenoxy) is 2. The van der Waals surface area contributed by atoms with Gasteiger partial charge in [0.2, 0.25) is 0 Å². The minimum Gasteiger partial charge on any atom is -0.493 e. The van der Waals surface area contributed by atoms with E-state index in [4.69, 9.17) is 9.47 Å². The molecule has 0 saturated carbocycles. The molecule has 2 aromatic carbocycles.